The number of rotatable bonds is 2. The smallest absolute Gasteiger partial charge is 0.253 e. The van der Waals surface area contributed by atoms with E-state index in [2.05, 4.69) is 29.6 Å². The van der Waals surface area contributed by atoms with E-state index < -0.39 is 0 Å². The van der Waals surface area contributed by atoms with Crippen LogP contribution in [0.1, 0.15) is 41.6 Å². The first-order chi connectivity index (χ1) is 13.0. The molecule has 0 radical (unpaired) electrons. The van der Waals surface area contributed by atoms with Gasteiger partial charge in [-0.15, -0.1) is 0 Å². The predicted octanol–water partition coefficient (Wildman–Crippen LogP) is 3.48. The van der Waals surface area contributed by atoms with Gasteiger partial charge in [-0.3, -0.25) is 9.59 Å². The molecule has 1 saturated heterocycles. The molecule has 2 aromatic rings. The number of amides is 2. The molecule has 5 nitrogen and oxygen atoms in total. The Morgan fingerprint density at radius 3 is 2.48 bits per heavy atom. The maximum Gasteiger partial charge on any atom is 0.253 e. The van der Waals surface area contributed by atoms with Crippen LogP contribution < -0.4 is 10.2 Å². The molecular weight excluding hydrogens is 338 g/mol. The summed E-state index contributed by atoms with van der Waals surface area (Å²) in [6.45, 7) is 3.39. The number of carbonyl (C=O) groups is 2. The normalized spacial score (nSPS) is 20.2. The van der Waals surface area contributed by atoms with Crippen LogP contribution in [-0.4, -0.2) is 42.9 Å². The van der Waals surface area contributed by atoms with Gasteiger partial charge in [-0.1, -0.05) is 30.3 Å². The lowest BCUT2D eigenvalue weighted by molar-refractivity contribution is -0.117. The van der Waals surface area contributed by atoms with E-state index in [-0.39, 0.29) is 17.9 Å². The van der Waals surface area contributed by atoms with Crippen LogP contribution in [0.5, 0.6) is 0 Å². The Bertz CT molecular complexity index is 857. The molecule has 1 atom stereocenters. The third kappa shape index (κ3) is 3.29. The van der Waals surface area contributed by atoms with Crippen molar-refractivity contribution in [1.82, 2.24) is 4.90 Å². The number of hydrogen-bond acceptors (Lipinski definition) is 3. The molecule has 1 unspecified atom stereocenters. The van der Waals surface area contributed by atoms with E-state index >= 15 is 0 Å². The first-order valence-electron chi connectivity index (χ1n) is 9.56. The molecule has 2 aliphatic heterocycles. The zero-order valence-corrected chi connectivity index (χ0v) is 15.8. The molecule has 0 aliphatic carbocycles. The maximum absolute atomic E-state index is 13.0. The largest absolute Gasteiger partial charge is 0.361 e. The third-order valence-corrected chi connectivity index (χ3v) is 5.89. The summed E-state index contributed by atoms with van der Waals surface area (Å²) < 4.78 is 0. The molecule has 2 amide bonds. The second kappa shape index (κ2) is 7.06. The van der Waals surface area contributed by atoms with Crippen molar-refractivity contribution in [3.8, 4) is 0 Å². The van der Waals surface area contributed by atoms with Crippen LogP contribution in [0.2, 0.25) is 0 Å². The van der Waals surface area contributed by atoms with Crippen LogP contribution in [0.15, 0.2) is 48.5 Å². The van der Waals surface area contributed by atoms with Gasteiger partial charge >= 0.3 is 0 Å². The highest BCUT2D eigenvalue weighted by Crippen LogP contribution is 2.33. The van der Waals surface area contributed by atoms with Crippen LogP contribution in [0, 0.1) is 0 Å². The Morgan fingerprint density at radius 2 is 1.78 bits per heavy atom. The summed E-state index contributed by atoms with van der Waals surface area (Å²) in [6.07, 6.45) is 1.97. The first-order valence-corrected chi connectivity index (χ1v) is 9.56. The molecule has 5 heteroatoms. The summed E-state index contributed by atoms with van der Waals surface area (Å²) >= 11 is 0. The molecule has 2 aromatic carbocycles. The zero-order chi connectivity index (χ0) is 19.0. The fourth-order valence-electron chi connectivity index (χ4n) is 4.02. The number of benzene rings is 2. The summed E-state index contributed by atoms with van der Waals surface area (Å²) in [5.74, 6) is 0.520. The van der Waals surface area contributed by atoms with Gasteiger partial charge in [-0.05, 0) is 49.4 Å². The average molecular weight is 363 g/mol. The molecular formula is C22H25N3O2. The van der Waals surface area contributed by atoms with Crippen molar-refractivity contribution in [3.05, 3.63) is 59.7 Å². The van der Waals surface area contributed by atoms with Gasteiger partial charge in [-0.2, -0.15) is 0 Å². The molecule has 0 spiro atoms. The Morgan fingerprint density at radius 1 is 1.07 bits per heavy atom. The number of piperidine rings is 1. The van der Waals surface area contributed by atoms with Crippen molar-refractivity contribution in [3.63, 3.8) is 0 Å². The number of likely N-dealkylation sites (N-methyl/N-ethyl adjacent to an activating group) is 1. The first kappa shape index (κ1) is 17.6. The van der Waals surface area contributed by atoms with Gasteiger partial charge in [0, 0.05) is 25.7 Å². The SMILES string of the molecule is CC1C(=O)Nc2cc(C(=O)N3CCC(c4ccccc4)CC3)ccc2N1C. The molecule has 0 saturated carbocycles. The van der Waals surface area contributed by atoms with E-state index in [0.717, 1.165) is 31.6 Å². The van der Waals surface area contributed by atoms with Crippen molar-refractivity contribution in [2.24, 2.45) is 0 Å². The monoisotopic (exact) mass is 363 g/mol. The number of nitrogens with one attached hydrogen (secondary N) is 1. The van der Waals surface area contributed by atoms with E-state index in [1.807, 2.05) is 42.0 Å². The number of carbonyl (C=O) groups excluding carboxylic acids is 2. The zero-order valence-electron chi connectivity index (χ0n) is 15.8. The lowest BCUT2D eigenvalue weighted by Gasteiger charge is -2.34. The van der Waals surface area contributed by atoms with Crippen molar-refractivity contribution < 1.29 is 9.59 Å². The fourth-order valence-corrected chi connectivity index (χ4v) is 4.02. The molecule has 1 N–H and O–H groups in total. The predicted molar refractivity (Wildman–Crippen MR) is 107 cm³/mol. The van der Waals surface area contributed by atoms with Crippen LogP contribution in [0.4, 0.5) is 11.4 Å². The Labute approximate surface area is 160 Å². The minimum absolute atomic E-state index is 0.0415. The van der Waals surface area contributed by atoms with E-state index in [4.69, 9.17) is 0 Å². The average Bonchev–Trinajstić information content (AvgIpc) is 2.72. The van der Waals surface area contributed by atoms with Crippen LogP contribution >= 0.6 is 0 Å². The quantitative estimate of drug-likeness (QED) is 0.889. The molecule has 1 fully saturated rings. The molecule has 0 aromatic heterocycles. The van der Waals surface area contributed by atoms with Gasteiger partial charge in [0.2, 0.25) is 5.91 Å². The molecule has 140 valence electrons. The molecule has 4 rings (SSSR count). The number of nitrogens with zero attached hydrogens (tertiary/aromatic N) is 2. The summed E-state index contributed by atoms with van der Waals surface area (Å²) in [4.78, 5) is 28.9. The highest BCUT2D eigenvalue weighted by Gasteiger charge is 2.29. The number of fused-ring (bicyclic) bond motifs is 1. The van der Waals surface area contributed by atoms with Crippen LogP contribution in [0.3, 0.4) is 0 Å². The summed E-state index contributed by atoms with van der Waals surface area (Å²) in [5.41, 5.74) is 3.65. The van der Waals surface area contributed by atoms with E-state index in [1.165, 1.54) is 5.56 Å². The van der Waals surface area contributed by atoms with Crippen LogP contribution in [0.25, 0.3) is 0 Å². The number of likely N-dealkylation sites (tertiary alicyclic amines) is 1. The summed E-state index contributed by atoms with van der Waals surface area (Å²) in [5, 5.41) is 2.92. The minimum Gasteiger partial charge on any atom is -0.361 e. The Kier molecular flexibility index (Phi) is 4.60. The van der Waals surface area contributed by atoms with Crippen molar-refractivity contribution in [2.75, 3.05) is 30.4 Å². The Hall–Kier alpha value is -2.82. The molecule has 27 heavy (non-hydrogen) atoms. The van der Waals surface area contributed by atoms with E-state index in [9.17, 15) is 9.59 Å². The number of hydrogen-bond donors (Lipinski definition) is 1. The standard InChI is InChI=1S/C22H25N3O2/c1-15-21(26)23-19-14-18(8-9-20(19)24(15)2)22(27)25-12-10-17(11-13-25)16-6-4-3-5-7-16/h3-9,14-15,17H,10-13H2,1-2H3,(H,23,26). The second-order valence-electron chi connectivity index (χ2n) is 7.49. The van der Waals surface area contributed by atoms with E-state index in [1.54, 1.807) is 6.07 Å². The van der Waals surface area contributed by atoms with Gasteiger partial charge in [0.15, 0.2) is 0 Å². The van der Waals surface area contributed by atoms with Gasteiger partial charge in [-0.25, -0.2) is 0 Å². The van der Waals surface area contributed by atoms with Crippen molar-refractivity contribution in [2.45, 2.75) is 31.7 Å². The van der Waals surface area contributed by atoms with E-state index in [0.29, 0.717) is 17.2 Å². The second-order valence-corrected chi connectivity index (χ2v) is 7.49. The van der Waals surface area contributed by atoms with Gasteiger partial charge in [0.05, 0.1) is 11.4 Å². The maximum atomic E-state index is 13.0. The highest BCUT2D eigenvalue weighted by molar-refractivity contribution is 6.05. The molecule has 2 heterocycles. The molecule has 2 aliphatic rings. The van der Waals surface area contributed by atoms with Gasteiger partial charge in [0.25, 0.3) is 5.91 Å². The summed E-state index contributed by atoms with van der Waals surface area (Å²) in [6, 6.07) is 15.9. The summed E-state index contributed by atoms with van der Waals surface area (Å²) in [7, 11) is 1.90. The van der Waals surface area contributed by atoms with Gasteiger partial charge < -0.3 is 15.1 Å². The minimum atomic E-state index is -0.212. The lowest BCUT2D eigenvalue weighted by atomic mass is 9.89. The third-order valence-electron chi connectivity index (χ3n) is 5.89. The lowest BCUT2D eigenvalue weighted by Crippen LogP contribution is -2.44. The number of anilines is 2. The fraction of sp³-hybridized carbons (Fsp3) is 0.364. The highest BCUT2D eigenvalue weighted by atomic mass is 16.2. The van der Waals surface area contributed by atoms with Crippen LogP contribution in [-0.2, 0) is 4.79 Å². The van der Waals surface area contributed by atoms with Gasteiger partial charge in [0.1, 0.15) is 6.04 Å². The Balaban J connectivity index is 1.47. The topological polar surface area (TPSA) is 52.7 Å². The van der Waals surface area contributed by atoms with Crippen molar-refractivity contribution in [1.29, 1.82) is 0 Å². The molecule has 0 bridgehead atoms. The van der Waals surface area contributed by atoms with Crippen molar-refractivity contribution >= 4 is 23.2 Å².